The molecule has 1 heterocycles. The lowest BCUT2D eigenvalue weighted by Crippen LogP contribution is -2.05. The number of hydrogen-bond donors (Lipinski definition) is 1. The van der Waals surface area contributed by atoms with Gasteiger partial charge >= 0.3 is 0 Å². The van der Waals surface area contributed by atoms with E-state index in [4.69, 9.17) is 6.42 Å². The SMILES string of the molecule is C#CC=C(C)C(=C(C)C)n1c(Nc2ccccc2)cc2ccccc21. The number of allylic oxidation sites excluding steroid dienone is 4. The predicted octanol–water partition coefficient (Wildman–Crippen LogP) is 6.22. The molecule has 0 spiro atoms. The van der Waals surface area contributed by atoms with Crippen molar-refractivity contribution in [3.63, 3.8) is 0 Å². The maximum absolute atomic E-state index is 5.52. The quantitative estimate of drug-likeness (QED) is 0.445. The number of aromatic nitrogens is 1. The summed E-state index contributed by atoms with van der Waals surface area (Å²) in [4.78, 5) is 0. The van der Waals surface area contributed by atoms with Crippen molar-refractivity contribution in [2.45, 2.75) is 20.8 Å². The second kappa shape index (κ2) is 7.15. The molecule has 1 N–H and O–H groups in total. The Labute approximate surface area is 149 Å². The van der Waals surface area contributed by atoms with Gasteiger partial charge in [-0.15, -0.1) is 6.42 Å². The summed E-state index contributed by atoms with van der Waals surface area (Å²) in [6, 6.07) is 20.8. The monoisotopic (exact) mass is 326 g/mol. The molecule has 0 saturated carbocycles. The fourth-order valence-corrected chi connectivity index (χ4v) is 3.14. The number of hydrogen-bond acceptors (Lipinski definition) is 1. The molecule has 0 aliphatic rings. The highest BCUT2D eigenvalue weighted by Gasteiger charge is 2.15. The van der Waals surface area contributed by atoms with Gasteiger partial charge in [0.05, 0.1) is 5.52 Å². The molecule has 3 rings (SSSR count). The topological polar surface area (TPSA) is 17.0 Å². The van der Waals surface area contributed by atoms with Gasteiger partial charge in [-0.25, -0.2) is 0 Å². The van der Waals surface area contributed by atoms with Crippen LogP contribution in [0.25, 0.3) is 16.6 Å². The summed E-state index contributed by atoms with van der Waals surface area (Å²) < 4.78 is 2.25. The second-order valence-electron chi connectivity index (χ2n) is 6.26. The first kappa shape index (κ1) is 16.7. The van der Waals surface area contributed by atoms with Crippen LogP contribution in [0.5, 0.6) is 0 Å². The first-order valence-corrected chi connectivity index (χ1v) is 8.35. The molecule has 124 valence electrons. The average molecular weight is 326 g/mol. The number of anilines is 2. The van der Waals surface area contributed by atoms with Gasteiger partial charge in [-0.3, -0.25) is 4.57 Å². The van der Waals surface area contributed by atoms with Gasteiger partial charge in [0.1, 0.15) is 5.82 Å². The average Bonchev–Trinajstić information content (AvgIpc) is 2.94. The second-order valence-corrected chi connectivity index (χ2v) is 6.26. The minimum absolute atomic E-state index is 1.02. The molecule has 0 unspecified atom stereocenters. The van der Waals surface area contributed by atoms with Crippen LogP contribution in [0.15, 0.2) is 77.9 Å². The molecule has 0 radical (unpaired) electrons. The number of nitrogens with zero attached hydrogens (tertiary/aromatic N) is 1. The number of fused-ring (bicyclic) bond motifs is 1. The summed E-state index contributed by atoms with van der Waals surface area (Å²) in [7, 11) is 0. The Kier molecular flexibility index (Phi) is 4.77. The Bertz CT molecular complexity index is 991. The standard InChI is InChI=1S/C23H22N2/c1-5-11-18(4)23(17(2)3)25-21-15-10-9-12-19(21)16-22(25)24-20-13-7-6-8-14-20/h1,6-16,24H,2-4H3. The van der Waals surface area contributed by atoms with Crippen molar-refractivity contribution >= 4 is 28.1 Å². The van der Waals surface area contributed by atoms with Gasteiger partial charge in [0, 0.05) is 16.8 Å². The maximum Gasteiger partial charge on any atom is 0.116 e. The van der Waals surface area contributed by atoms with Crippen molar-refractivity contribution in [2.24, 2.45) is 0 Å². The molecule has 2 aromatic carbocycles. The summed E-state index contributed by atoms with van der Waals surface area (Å²) in [5.41, 5.74) is 5.61. The van der Waals surface area contributed by atoms with E-state index in [-0.39, 0.29) is 0 Å². The van der Waals surface area contributed by atoms with Crippen molar-refractivity contribution < 1.29 is 0 Å². The number of terminal acetylenes is 1. The van der Waals surface area contributed by atoms with Gasteiger partial charge in [0.25, 0.3) is 0 Å². The molecular formula is C23H22N2. The van der Waals surface area contributed by atoms with Gasteiger partial charge in [-0.2, -0.15) is 0 Å². The molecule has 0 saturated heterocycles. The summed E-state index contributed by atoms with van der Waals surface area (Å²) in [5, 5.41) is 4.73. The lowest BCUT2D eigenvalue weighted by molar-refractivity contribution is 1.12. The zero-order valence-electron chi connectivity index (χ0n) is 14.9. The van der Waals surface area contributed by atoms with Crippen molar-refractivity contribution in [1.29, 1.82) is 0 Å². The van der Waals surface area contributed by atoms with E-state index in [0.29, 0.717) is 0 Å². The Hall–Kier alpha value is -3.18. The Morgan fingerprint density at radius 3 is 2.36 bits per heavy atom. The van der Waals surface area contributed by atoms with Gasteiger partial charge < -0.3 is 5.32 Å². The van der Waals surface area contributed by atoms with Crippen LogP contribution in [0, 0.1) is 12.3 Å². The molecule has 0 fully saturated rings. The largest absolute Gasteiger partial charge is 0.341 e. The highest BCUT2D eigenvalue weighted by Crippen LogP contribution is 2.33. The van der Waals surface area contributed by atoms with Crippen LogP contribution in [-0.2, 0) is 0 Å². The third kappa shape index (κ3) is 3.36. The molecule has 2 nitrogen and oxygen atoms in total. The van der Waals surface area contributed by atoms with E-state index in [1.165, 1.54) is 11.0 Å². The fourth-order valence-electron chi connectivity index (χ4n) is 3.14. The first-order chi connectivity index (χ1) is 12.1. The lowest BCUT2D eigenvalue weighted by Gasteiger charge is -2.18. The van der Waals surface area contributed by atoms with Gasteiger partial charge in [-0.1, -0.05) is 47.9 Å². The number of para-hydroxylation sites is 2. The van der Waals surface area contributed by atoms with E-state index < -0.39 is 0 Å². The van der Waals surface area contributed by atoms with Crippen LogP contribution in [0.3, 0.4) is 0 Å². The van der Waals surface area contributed by atoms with Crippen molar-refractivity contribution in [3.8, 4) is 12.3 Å². The third-order valence-corrected chi connectivity index (χ3v) is 4.13. The van der Waals surface area contributed by atoms with E-state index in [1.54, 1.807) is 0 Å². The number of benzene rings is 2. The van der Waals surface area contributed by atoms with Crippen LogP contribution in [0.2, 0.25) is 0 Å². The van der Waals surface area contributed by atoms with Crippen LogP contribution in [0.4, 0.5) is 11.5 Å². The Morgan fingerprint density at radius 1 is 1.00 bits per heavy atom. The molecule has 0 aliphatic heterocycles. The summed E-state index contributed by atoms with van der Waals surface area (Å²) >= 11 is 0. The van der Waals surface area contributed by atoms with Crippen LogP contribution in [-0.4, -0.2) is 4.57 Å². The molecule has 2 heteroatoms. The molecule has 0 amide bonds. The van der Waals surface area contributed by atoms with Gasteiger partial charge in [0.2, 0.25) is 0 Å². The van der Waals surface area contributed by atoms with E-state index in [2.05, 4.69) is 79.0 Å². The zero-order valence-corrected chi connectivity index (χ0v) is 14.9. The van der Waals surface area contributed by atoms with Crippen molar-refractivity contribution in [3.05, 3.63) is 77.9 Å². The van der Waals surface area contributed by atoms with Crippen LogP contribution < -0.4 is 5.32 Å². The van der Waals surface area contributed by atoms with E-state index in [0.717, 1.165) is 28.3 Å². The molecule has 0 aliphatic carbocycles. The molecule has 0 atom stereocenters. The summed E-state index contributed by atoms with van der Waals surface area (Å²) in [5.74, 6) is 3.67. The maximum atomic E-state index is 5.52. The predicted molar refractivity (Wildman–Crippen MR) is 109 cm³/mol. The van der Waals surface area contributed by atoms with Crippen molar-refractivity contribution in [2.75, 3.05) is 5.32 Å². The van der Waals surface area contributed by atoms with Crippen molar-refractivity contribution in [1.82, 2.24) is 4.57 Å². The van der Waals surface area contributed by atoms with E-state index >= 15 is 0 Å². The molecular weight excluding hydrogens is 304 g/mol. The zero-order chi connectivity index (χ0) is 17.8. The minimum atomic E-state index is 1.02. The number of nitrogens with one attached hydrogen (secondary N) is 1. The molecule has 0 bridgehead atoms. The molecule has 1 aromatic heterocycles. The highest BCUT2D eigenvalue weighted by atomic mass is 15.1. The first-order valence-electron chi connectivity index (χ1n) is 8.35. The van der Waals surface area contributed by atoms with Crippen LogP contribution in [0.1, 0.15) is 20.8 Å². The normalized spacial score (nSPS) is 11.2. The smallest absolute Gasteiger partial charge is 0.116 e. The lowest BCUT2D eigenvalue weighted by atomic mass is 10.1. The van der Waals surface area contributed by atoms with E-state index in [9.17, 15) is 0 Å². The fraction of sp³-hybridized carbons (Fsp3) is 0.130. The number of rotatable bonds is 4. The van der Waals surface area contributed by atoms with Gasteiger partial charge in [-0.05, 0) is 56.7 Å². The summed E-state index contributed by atoms with van der Waals surface area (Å²) in [6.45, 7) is 6.29. The van der Waals surface area contributed by atoms with Crippen LogP contribution >= 0.6 is 0 Å². The minimum Gasteiger partial charge on any atom is -0.341 e. The molecule has 3 aromatic rings. The Morgan fingerprint density at radius 2 is 1.68 bits per heavy atom. The highest BCUT2D eigenvalue weighted by molar-refractivity contribution is 5.92. The third-order valence-electron chi connectivity index (χ3n) is 4.13. The van der Waals surface area contributed by atoms with Gasteiger partial charge in [0.15, 0.2) is 0 Å². The Balaban J connectivity index is 2.25. The van der Waals surface area contributed by atoms with E-state index in [1.807, 2.05) is 24.3 Å². The summed E-state index contributed by atoms with van der Waals surface area (Å²) in [6.07, 6.45) is 7.34. The molecule has 25 heavy (non-hydrogen) atoms.